The molecule has 4 atom stereocenters. The smallest absolute Gasteiger partial charge is 0.312 e. The molecule has 132 valence electrons. The van der Waals surface area contributed by atoms with Crippen LogP contribution in [-0.4, -0.2) is 36.7 Å². The van der Waals surface area contributed by atoms with Crippen molar-refractivity contribution in [2.75, 3.05) is 18.1 Å². The molecule has 2 aromatic rings. The van der Waals surface area contributed by atoms with Gasteiger partial charge in [0.05, 0.1) is 30.9 Å². The Labute approximate surface area is 151 Å². The number of esters is 1. The van der Waals surface area contributed by atoms with Gasteiger partial charge >= 0.3 is 5.97 Å². The Morgan fingerprint density at radius 1 is 1.27 bits per heavy atom. The number of anilines is 1. The molecule has 1 spiro atoms. The van der Waals surface area contributed by atoms with Gasteiger partial charge in [-0.1, -0.05) is 48.6 Å². The molecule has 0 saturated carbocycles. The number of rotatable bonds is 3. The van der Waals surface area contributed by atoms with Gasteiger partial charge in [-0.25, -0.2) is 0 Å². The molecule has 2 bridgehead atoms. The maximum absolute atomic E-state index is 13.3. The number of amides is 1. The molecule has 0 radical (unpaired) electrons. The second-order valence-electron chi connectivity index (χ2n) is 7.07. The molecule has 0 aromatic heterocycles. The lowest BCUT2D eigenvalue weighted by molar-refractivity contribution is -0.151. The Morgan fingerprint density at radius 3 is 2.92 bits per heavy atom. The average Bonchev–Trinajstić information content (AvgIpc) is 3.30. The molecule has 5 rings (SSSR count). The van der Waals surface area contributed by atoms with E-state index in [1.807, 2.05) is 54.6 Å². The largest absolute Gasteiger partial charge is 0.466 e. The van der Waals surface area contributed by atoms with Crippen LogP contribution in [0.15, 0.2) is 54.6 Å². The van der Waals surface area contributed by atoms with Gasteiger partial charge in [0.25, 0.3) is 0 Å². The fourth-order valence-electron chi connectivity index (χ4n) is 4.65. The first kappa shape index (κ1) is 15.6. The van der Waals surface area contributed by atoms with Crippen molar-refractivity contribution in [3.8, 4) is 0 Å². The third kappa shape index (κ3) is 1.95. The molecule has 3 aliphatic heterocycles. The molecule has 2 fully saturated rings. The van der Waals surface area contributed by atoms with Gasteiger partial charge in [0.1, 0.15) is 11.5 Å². The van der Waals surface area contributed by atoms with E-state index in [0.29, 0.717) is 13.2 Å². The van der Waals surface area contributed by atoms with E-state index in [0.717, 1.165) is 16.5 Å². The highest BCUT2D eigenvalue weighted by Crippen LogP contribution is 2.53. The lowest BCUT2D eigenvalue weighted by Gasteiger charge is -2.22. The van der Waals surface area contributed by atoms with Crippen LogP contribution < -0.4 is 4.90 Å². The van der Waals surface area contributed by atoms with Crippen LogP contribution in [0.4, 0.5) is 5.69 Å². The predicted octanol–water partition coefficient (Wildman–Crippen LogP) is 2.69. The van der Waals surface area contributed by atoms with Gasteiger partial charge in [-0.05, 0) is 18.4 Å². The van der Waals surface area contributed by atoms with Crippen molar-refractivity contribution in [2.24, 2.45) is 11.8 Å². The standard InChI is InChI=1S/C21H19NO4/c1-2-25-20(24)17-16-10-11-21(26-16)12-22(19(23)18(17)21)15-9-5-7-13-6-3-4-8-14(13)15/h3-11,16-18H,2,12H2,1H3/t16-,17-,18-,21-/m0/s1. The maximum Gasteiger partial charge on any atom is 0.312 e. The number of benzene rings is 2. The van der Waals surface area contributed by atoms with Crippen LogP contribution in [0.2, 0.25) is 0 Å². The quantitative estimate of drug-likeness (QED) is 0.631. The molecular formula is C21H19NO4. The molecule has 5 heteroatoms. The first-order chi connectivity index (χ1) is 12.6. The van der Waals surface area contributed by atoms with Crippen LogP contribution in [0, 0.1) is 11.8 Å². The third-order valence-corrected chi connectivity index (χ3v) is 5.72. The Hall–Kier alpha value is -2.66. The molecule has 5 nitrogen and oxygen atoms in total. The number of nitrogens with zero attached hydrogens (tertiary/aromatic N) is 1. The number of carbonyl (C=O) groups excluding carboxylic acids is 2. The van der Waals surface area contributed by atoms with Crippen molar-refractivity contribution in [1.29, 1.82) is 0 Å². The summed E-state index contributed by atoms with van der Waals surface area (Å²) in [4.78, 5) is 27.6. The van der Waals surface area contributed by atoms with Gasteiger partial charge in [0.15, 0.2) is 0 Å². The molecule has 26 heavy (non-hydrogen) atoms. The first-order valence-corrected chi connectivity index (χ1v) is 8.97. The zero-order valence-electron chi connectivity index (χ0n) is 14.4. The van der Waals surface area contributed by atoms with Crippen LogP contribution in [0.5, 0.6) is 0 Å². The van der Waals surface area contributed by atoms with Crippen LogP contribution in [0.25, 0.3) is 10.8 Å². The average molecular weight is 349 g/mol. The molecule has 3 aliphatic rings. The fraction of sp³-hybridized carbons (Fsp3) is 0.333. The minimum Gasteiger partial charge on any atom is -0.466 e. The van der Waals surface area contributed by atoms with Gasteiger partial charge in [-0.2, -0.15) is 0 Å². The fourth-order valence-corrected chi connectivity index (χ4v) is 4.65. The molecule has 2 saturated heterocycles. The zero-order chi connectivity index (χ0) is 17.9. The lowest BCUT2D eigenvalue weighted by atomic mass is 9.77. The number of fused-ring (bicyclic) bond motifs is 2. The van der Waals surface area contributed by atoms with Crippen molar-refractivity contribution in [1.82, 2.24) is 0 Å². The van der Waals surface area contributed by atoms with E-state index in [1.165, 1.54) is 0 Å². The van der Waals surface area contributed by atoms with Gasteiger partial charge in [0, 0.05) is 5.39 Å². The normalized spacial score (nSPS) is 31.7. The van der Waals surface area contributed by atoms with Crippen LogP contribution in [-0.2, 0) is 19.1 Å². The van der Waals surface area contributed by atoms with Crippen LogP contribution >= 0.6 is 0 Å². The number of hydrogen-bond donors (Lipinski definition) is 0. The lowest BCUT2D eigenvalue weighted by Crippen LogP contribution is -2.40. The van der Waals surface area contributed by atoms with Crippen molar-refractivity contribution in [3.05, 3.63) is 54.6 Å². The van der Waals surface area contributed by atoms with Crippen molar-refractivity contribution in [3.63, 3.8) is 0 Å². The highest BCUT2D eigenvalue weighted by Gasteiger charge is 2.67. The number of ether oxygens (including phenoxy) is 2. The van der Waals surface area contributed by atoms with Gasteiger partial charge in [-0.15, -0.1) is 0 Å². The maximum atomic E-state index is 13.3. The summed E-state index contributed by atoms with van der Waals surface area (Å²) in [6.45, 7) is 2.50. The summed E-state index contributed by atoms with van der Waals surface area (Å²) in [7, 11) is 0. The summed E-state index contributed by atoms with van der Waals surface area (Å²) < 4.78 is 11.3. The third-order valence-electron chi connectivity index (χ3n) is 5.72. The Morgan fingerprint density at radius 2 is 2.08 bits per heavy atom. The first-order valence-electron chi connectivity index (χ1n) is 8.97. The van der Waals surface area contributed by atoms with Gasteiger partial charge in [0.2, 0.25) is 5.91 Å². The SMILES string of the molecule is CCOC(=O)[C@H]1[C@@H]2C=C[C@@]3(CN(c4cccc5ccccc45)C(=O)[C@H]13)O2. The molecule has 0 aliphatic carbocycles. The summed E-state index contributed by atoms with van der Waals surface area (Å²) in [6, 6.07) is 13.9. The molecule has 1 amide bonds. The molecule has 3 heterocycles. The van der Waals surface area contributed by atoms with E-state index in [4.69, 9.17) is 9.47 Å². The zero-order valence-corrected chi connectivity index (χ0v) is 14.4. The highest BCUT2D eigenvalue weighted by atomic mass is 16.6. The number of carbonyl (C=O) groups is 2. The van der Waals surface area contributed by atoms with E-state index < -0.39 is 17.4 Å². The number of hydrogen-bond acceptors (Lipinski definition) is 4. The Bertz CT molecular complexity index is 947. The van der Waals surface area contributed by atoms with Crippen molar-refractivity contribution in [2.45, 2.75) is 18.6 Å². The molecular weight excluding hydrogens is 330 g/mol. The summed E-state index contributed by atoms with van der Waals surface area (Å²) in [6.07, 6.45) is 3.50. The van der Waals surface area contributed by atoms with Gasteiger partial charge in [-0.3, -0.25) is 9.59 Å². The van der Waals surface area contributed by atoms with Crippen molar-refractivity contribution >= 4 is 28.3 Å². The molecule has 0 N–H and O–H groups in total. The van der Waals surface area contributed by atoms with Gasteiger partial charge < -0.3 is 14.4 Å². The Kier molecular flexibility index (Phi) is 3.25. The second-order valence-corrected chi connectivity index (χ2v) is 7.07. The summed E-state index contributed by atoms with van der Waals surface area (Å²) >= 11 is 0. The van der Waals surface area contributed by atoms with E-state index in [1.54, 1.807) is 11.8 Å². The van der Waals surface area contributed by atoms with Crippen LogP contribution in [0.1, 0.15) is 6.92 Å². The minimum absolute atomic E-state index is 0.0637. The highest BCUT2D eigenvalue weighted by molar-refractivity contribution is 6.08. The minimum atomic E-state index is -0.726. The Balaban J connectivity index is 1.58. The molecule has 0 unspecified atom stereocenters. The summed E-state index contributed by atoms with van der Waals surface area (Å²) in [5.41, 5.74) is 0.135. The summed E-state index contributed by atoms with van der Waals surface area (Å²) in [5, 5.41) is 2.10. The van der Waals surface area contributed by atoms with E-state index in [-0.39, 0.29) is 18.0 Å². The van der Waals surface area contributed by atoms with E-state index in [9.17, 15) is 9.59 Å². The van der Waals surface area contributed by atoms with Crippen LogP contribution in [0.3, 0.4) is 0 Å². The van der Waals surface area contributed by atoms with Crippen molar-refractivity contribution < 1.29 is 19.1 Å². The van der Waals surface area contributed by atoms with E-state index in [2.05, 4.69) is 0 Å². The van der Waals surface area contributed by atoms with E-state index >= 15 is 0 Å². The topological polar surface area (TPSA) is 55.8 Å². The predicted molar refractivity (Wildman–Crippen MR) is 96.7 cm³/mol. The monoisotopic (exact) mass is 349 g/mol. The summed E-state index contributed by atoms with van der Waals surface area (Å²) in [5.74, 6) is -1.49. The second kappa shape index (κ2) is 5.42. The molecule has 2 aromatic carbocycles.